The molecule has 0 spiro atoms. The average Bonchev–Trinajstić information content (AvgIpc) is 3.11. The first-order valence-corrected chi connectivity index (χ1v) is 10.8. The van der Waals surface area contributed by atoms with Gasteiger partial charge in [-0.2, -0.15) is 0 Å². The zero-order chi connectivity index (χ0) is 21.0. The molecule has 0 radical (unpaired) electrons. The minimum absolute atomic E-state index is 0.0597. The molecule has 0 bridgehead atoms. The molecule has 2 aromatic carbocycles. The summed E-state index contributed by atoms with van der Waals surface area (Å²) in [6.45, 7) is 11.5. The number of hydrogen-bond acceptors (Lipinski definition) is 3. The van der Waals surface area contributed by atoms with Gasteiger partial charge in [0.2, 0.25) is 5.91 Å². The summed E-state index contributed by atoms with van der Waals surface area (Å²) >= 11 is 0. The van der Waals surface area contributed by atoms with E-state index in [0.29, 0.717) is 36.8 Å². The molecule has 2 atom stereocenters. The van der Waals surface area contributed by atoms with Crippen molar-refractivity contribution in [3.05, 3.63) is 65.2 Å². The number of amides is 1. The van der Waals surface area contributed by atoms with E-state index in [9.17, 15) is 4.79 Å². The molecule has 1 aliphatic heterocycles. The van der Waals surface area contributed by atoms with Crippen molar-refractivity contribution in [2.45, 2.75) is 45.4 Å². The van der Waals surface area contributed by atoms with Crippen LogP contribution in [0.3, 0.4) is 0 Å². The molecule has 0 unspecified atom stereocenters. The molecule has 29 heavy (non-hydrogen) atoms. The normalized spacial score (nSPS) is 19.8. The number of benzene rings is 2. The lowest BCUT2D eigenvalue weighted by Gasteiger charge is -2.22. The summed E-state index contributed by atoms with van der Waals surface area (Å²) in [5.41, 5.74) is 10.8. The molecular weight excluding hydrogens is 358 g/mol. The van der Waals surface area contributed by atoms with E-state index in [2.05, 4.69) is 80.4 Å². The quantitative estimate of drug-likeness (QED) is 0.726. The van der Waals surface area contributed by atoms with Crippen molar-refractivity contribution in [3.63, 3.8) is 0 Å². The zero-order valence-electron chi connectivity index (χ0n) is 18.2. The Labute approximate surface area is 175 Å². The first-order valence-electron chi connectivity index (χ1n) is 10.8. The average molecular weight is 394 g/mol. The molecule has 3 N–H and O–H groups in total. The van der Waals surface area contributed by atoms with E-state index in [1.807, 2.05) is 6.07 Å². The van der Waals surface area contributed by atoms with Crippen LogP contribution < -0.4 is 11.1 Å². The smallest absolute Gasteiger partial charge is 0.238 e. The van der Waals surface area contributed by atoms with E-state index in [4.69, 9.17) is 5.73 Å². The molecular formula is C25H35N3O. The molecule has 4 heteroatoms. The van der Waals surface area contributed by atoms with Crippen LogP contribution >= 0.6 is 0 Å². The fourth-order valence-corrected chi connectivity index (χ4v) is 4.48. The lowest BCUT2D eigenvalue weighted by molar-refractivity contribution is -0.117. The molecule has 0 saturated carbocycles. The van der Waals surface area contributed by atoms with Crippen LogP contribution in [-0.4, -0.2) is 37.0 Å². The van der Waals surface area contributed by atoms with Crippen LogP contribution in [-0.2, 0) is 4.79 Å². The van der Waals surface area contributed by atoms with Gasteiger partial charge >= 0.3 is 0 Å². The van der Waals surface area contributed by atoms with Crippen LogP contribution in [0.25, 0.3) is 0 Å². The van der Waals surface area contributed by atoms with Gasteiger partial charge in [-0.05, 0) is 41.0 Å². The predicted octanol–water partition coefficient (Wildman–Crippen LogP) is 4.55. The maximum atomic E-state index is 13.0. The Kier molecular flexibility index (Phi) is 7.09. The number of rotatable bonds is 7. The summed E-state index contributed by atoms with van der Waals surface area (Å²) in [4.78, 5) is 15.2. The van der Waals surface area contributed by atoms with Gasteiger partial charge in [-0.25, -0.2) is 0 Å². The SMILES string of the molecule is CC(C)c1cccc(C(C)C)c1NC(=O)CN1C[C@@H](CN)[C@H](c2ccccc2)C1. The van der Waals surface area contributed by atoms with Gasteiger partial charge in [-0.15, -0.1) is 0 Å². The summed E-state index contributed by atoms with van der Waals surface area (Å²) in [6, 6.07) is 16.9. The van der Waals surface area contributed by atoms with Crippen molar-refractivity contribution in [1.29, 1.82) is 0 Å². The van der Waals surface area contributed by atoms with Crippen molar-refractivity contribution in [2.24, 2.45) is 11.7 Å². The van der Waals surface area contributed by atoms with E-state index in [0.717, 1.165) is 18.8 Å². The molecule has 156 valence electrons. The van der Waals surface area contributed by atoms with E-state index in [-0.39, 0.29) is 5.91 Å². The predicted molar refractivity (Wildman–Crippen MR) is 121 cm³/mol. The fourth-order valence-electron chi connectivity index (χ4n) is 4.48. The van der Waals surface area contributed by atoms with Crippen LogP contribution in [0.1, 0.15) is 62.1 Å². The second kappa shape index (κ2) is 9.55. The highest BCUT2D eigenvalue weighted by Gasteiger charge is 2.33. The molecule has 1 aliphatic rings. The molecule has 1 fully saturated rings. The molecule has 0 aromatic heterocycles. The number of nitrogens with two attached hydrogens (primary N) is 1. The molecule has 3 rings (SSSR count). The van der Waals surface area contributed by atoms with Crippen LogP contribution in [0.15, 0.2) is 48.5 Å². The maximum Gasteiger partial charge on any atom is 0.238 e. The molecule has 0 aliphatic carbocycles. The van der Waals surface area contributed by atoms with Crippen molar-refractivity contribution in [3.8, 4) is 0 Å². The minimum atomic E-state index is 0.0597. The Bertz CT molecular complexity index is 790. The van der Waals surface area contributed by atoms with Crippen molar-refractivity contribution in [1.82, 2.24) is 4.90 Å². The van der Waals surface area contributed by atoms with Crippen LogP contribution in [0.4, 0.5) is 5.69 Å². The second-order valence-corrected chi connectivity index (χ2v) is 8.88. The first kappa shape index (κ1) is 21.5. The van der Waals surface area contributed by atoms with Crippen molar-refractivity contribution >= 4 is 11.6 Å². The van der Waals surface area contributed by atoms with Gasteiger partial charge in [0.1, 0.15) is 0 Å². The summed E-state index contributed by atoms with van der Waals surface area (Å²) in [6.07, 6.45) is 0. The number of nitrogens with zero attached hydrogens (tertiary/aromatic N) is 1. The van der Waals surface area contributed by atoms with Gasteiger partial charge in [0.25, 0.3) is 0 Å². The summed E-state index contributed by atoms with van der Waals surface area (Å²) in [7, 11) is 0. The van der Waals surface area contributed by atoms with Crippen LogP contribution in [0, 0.1) is 5.92 Å². The first-order chi connectivity index (χ1) is 13.9. The fraction of sp³-hybridized carbons (Fsp3) is 0.480. The number of carbonyl (C=O) groups excluding carboxylic acids is 1. The van der Waals surface area contributed by atoms with Crippen molar-refractivity contribution in [2.75, 3.05) is 31.5 Å². The Morgan fingerprint density at radius 3 is 2.17 bits per heavy atom. The number of nitrogens with one attached hydrogen (secondary N) is 1. The summed E-state index contributed by atoms with van der Waals surface area (Å²) in [5, 5.41) is 3.24. The Hall–Kier alpha value is -2.17. The van der Waals surface area contributed by atoms with E-state index < -0.39 is 0 Å². The lowest BCUT2D eigenvalue weighted by atomic mass is 9.89. The molecule has 1 saturated heterocycles. The maximum absolute atomic E-state index is 13.0. The molecule has 1 amide bonds. The number of anilines is 1. The Morgan fingerprint density at radius 1 is 1.00 bits per heavy atom. The van der Waals surface area contributed by atoms with Gasteiger partial charge in [0, 0.05) is 24.7 Å². The monoisotopic (exact) mass is 393 g/mol. The van der Waals surface area contributed by atoms with Gasteiger partial charge < -0.3 is 11.1 Å². The van der Waals surface area contributed by atoms with Gasteiger partial charge in [-0.3, -0.25) is 9.69 Å². The third-order valence-electron chi connectivity index (χ3n) is 6.05. The van der Waals surface area contributed by atoms with E-state index in [1.165, 1.54) is 16.7 Å². The topological polar surface area (TPSA) is 58.4 Å². The summed E-state index contributed by atoms with van der Waals surface area (Å²) in [5.74, 6) is 1.56. The van der Waals surface area contributed by atoms with E-state index >= 15 is 0 Å². The van der Waals surface area contributed by atoms with Gasteiger partial charge in [0.15, 0.2) is 0 Å². The number of hydrogen-bond donors (Lipinski definition) is 2. The summed E-state index contributed by atoms with van der Waals surface area (Å²) < 4.78 is 0. The number of likely N-dealkylation sites (tertiary alicyclic amines) is 1. The molecule has 2 aromatic rings. The standard InChI is InChI=1S/C25H35N3O/c1-17(2)21-11-8-12-22(18(3)4)25(21)27-24(29)16-28-14-20(13-26)23(15-28)19-9-6-5-7-10-19/h5-12,17-18,20,23H,13-16,26H2,1-4H3,(H,27,29)/t20-,23+/m1/s1. The molecule has 4 nitrogen and oxygen atoms in total. The van der Waals surface area contributed by atoms with Gasteiger partial charge in [0.05, 0.1) is 6.54 Å². The minimum Gasteiger partial charge on any atom is -0.330 e. The van der Waals surface area contributed by atoms with Crippen LogP contribution in [0.5, 0.6) is 0 Å². The third kappa shape index (κ3) is 5.06. The Balaban J connectivity index is 1.72. The lowest BCUT2D eigenvalue weighted by Crippen LogP contribution is -2.33. The van der Waals surface area contributed by atoms with Crippen LogP contribution in [0.2, 0.25) is 0 Å². The molecule has 1 heterocycles. The highest BCUT2D eigenvalue weighted by atomic mass is 16.2. The number of para-hydroxylation sites is 1. The second-order valence-electron chi connectivity index (χ2n) is 8.88. The van der Waals surface area contributed by atoms with Gasteiger partial charge in [-0.1, -0.05) is 76.2 Å². The largest absolute Gasteiger partial charge is 0.330 e. The Morgan fingerprint density at radius 2 is 1.62 bits per heavy atom. The zero-order valence-corrected chi connectivity index (χ0v) is 18.2. The number of carbonyl (C=O) groups is 1. The highest BCUT2D eigenvalue weighted by molar-refractivity contribution is 5.94. The highest BCUT2D eigenvalue weighted by Crippen LogP contribution is 2.34. The van der Waals surface area contributed by atoms with E-state index in [1.54, 1.807) is 0 Å². The van der Waals surface area contributed by atoms with Crippen molar-refractivity contribution < 1.29 is 4.79 Å². The third-order valence-corrected chi connectivity index (χ3v) is 6.05.